The van der Waals surface area contributed by atoms with E-state index in [-0.39, 0.29) is 0 Å². The topological polar surface area (TPSA) is 20.2 Å². The first-order valence-corrected chi connectivity index (χ1v) is 8.08. The Morgan fingerprint density at radius 2 is 1.95 bits per heavy atom. The van der Waals surface area contributed by atoms with E-state index in [0.29, 0.717) is 6.42 Å². The third-order valence-electron chi connectivity index (χ3n) is 3.21. The molecule has 0 radical (unpaired) electrons. The summed E-state index contributed by atoms with van der Waals surface area (Å²) in [5.74, 6) is 0. The second-order valence-corrected chi connectivity index (χ2v) is 6.69. The molecular formula is C16H13IOS. The summed E-state index contributed by atoms with van der Waals surface area (Å²) in [6.45, 7) is 0. The lowest BCUT2D eigenvalue weighted by Gasteiger charge is -2.11. The van der Waals surface area contributed by atoms with Gasteiger partial charge in [0.05, 0.1) is 6.10 Å². The van der Waals surface area contributed by atoms with E-state index in [9.17, 15) is 5.11 Å². The smallest absolute Gasteiger partial charge is 0.0831 e. The molecule has 1 unspecified atom stereocenters. The Labute approximate surface area is 130 Å². The van der Waals surface area contributed by atoms with E-state index in [0.717, 1.165) is 9.13 Å². The van der Waals surface area contributed by atoms with Crippen LogP contribution in [0.25, 0.3) is 10.1 Å². The van der Waals surface area contributed by atoms with Crippen molar-refractivity contribution in [2.75, 3.05) is 0 Å². The minimum atomic E-state index is -0.437. The van der Waals surface area contributed by atoms with Crippen LogP contribution in [-0.4, -0.2) is 5.11 Å². The van der Waals surface area contributed by atoms with Crippen LogP contribution in [0.2, 0.25) is 0 Å². The molecule has 3 heteroatoms. The molecule has 0 saturated carbocycles. The minimum absolute atomic E-state index is 0.437. The highest BCUT2D eigenvalue weighted by atomic mass is 127. The van der Waals surface area contributed by atoms with E-state index in [2.05, 4.69) is 52.2 Å². The normalized spacial score (nSPS) is 12.7. The molecule has 1 N–H and O–H groups in total. The third kappa shape index (κ3) is 2.83. The highest BCUT2D eigenvalue weighted by Crippen LogP contribution is 2.29. The van der Waals surface area contributed by atoms with Gasteiger partial charge in [-0.3, -0.25) is 0 Å². The summed E-state index contributed by atoms with van der Waals surface area (Å²) in [6.07, 6.45) is 0.233. The van der Waals surface area contributed by atoms with Crippen molar-refractivity contribution in [2.24, 2.45) is 0 Å². The molecule has 0 spiro atoms. The average Bonchev–Trinajstić information content (AvgIpc) is 2.82. The molecule has 1 heterocycles. The SMILES string of the molecule is OC(Cc1csc2ccccc12)c1cccc(I)c1. The molecule has 1 atom stereocenters. The van der Waals surface area contributed by atoms with Gasteiger partial charge in [-0.15, -0.1) is 11.3 Å². The average molecular weight is 380 g/mol. The standard InChI is InChI=1S/C16H13IOS/c17-13-5-3-4-11(8-13)15(18)9-12-10-19-16-7-2-1-6-14(12)16/h1-8,10,15,18H,9H2. The highest BCUT2D eigenvalue weighted by Gasteiger charge is 2.12. The number of hydrogen-bond donors (Lipinski definition) is 1. The zero-order valence-corrected chi connectivity index (χ0v) is 13.2. The van der Waals surface area contributed by atoms with Crippen LogP contribution in [0.1, 0.15) is 17.2 Å². The fourth-order valence-corrected chi connectivity index (χ4v) is 3.77. The minimum Gasteiger partial charge on any atom is -0.388 e. The first-order valence-electron chi connectivity index (χ1n) is 6.12. The van der Waals surface area contributed by atoms with Crippen molar-refractivity contribution in [2.45, 2.75) is 12.5 Å². The van der Waals surface area contributed by atoms with Crippen molar-refractivity contribution in [3.05, 3.63) is 68.6 Å². The van der Waals surface area contributed by atoms with Crippen molar-refractivity contribution in [1.82, 2.24) is 0 Å². The van der Waals surface area contributed by atoms with Gasteiger partial charge in [-0.2, -0.15) is 0 Å². The number of aliphatic hydroxyl groups is 1. The van der Waals surface area contributed by atoms with Crippen LogP contribution in [0, 0.1) is 3.57 Å². The van der Waals surface area contributed by atoms with Gasteiger partial charge in [0.2, 0.25) is 0 Å². The first kappa shape index (κ1) is 13.1. The molecule has 3 rings (SSSR count). The Balaban J connectivity index is 1.89. The van der Waals surface area contributed by atoms with Gasteiger partial charge in [0, 0.05) is 14.7 Å². The zero-order valence-electron chi connectivity index (χ0n) is 10.2. The Hall–Kier alpha value is -0.910. The maximum absolute atomic E-state index is 10.4. The van der Waals surface area contributed by atoms with Gasteiger partial charge >= 0.3 is 0 Å². The van der Waals surface area contributed by atoms with Crippen LogP contribution < -0.4 is 0 Å². The van der Waals surface area contributed by atoms with Gasteiger partial charge in [0.1, 0.15) is 0 Å². The summed E-state index contributed by atoms with van der Waals surface area (Å²) >= 11 is 4.02. The maximum atomic E-state index is 10.4. The first-order chi connectivity index (χ1) is 9.24. The van der Waals surface area contributed by atoms with Crippen LogP contribution >= 0.6 is 33.9 Å². The number of benzene rings is 2. The number of fused-ring (bicyclic) bond motifs is 1. The van der Waals surface area contributed by atoms with Crippen LogP contribution in [-0.2, 0) is 6.42 Å². The third-order valence-corrected chi connectivity index (χ3v) is 4.89. The predicted molar refractivity (Wildman–Crippen MR) is 89.6 cm³/mol. The Morgan fingerprint density at radius 1 is 1.11 bits per heavy atom. The second kappa shape index (κ2) is 5.61. The molecule has 3 aromatic rings. The summed E-state index contributed by atoms with van der Waals surface area (Å²) in [7, 11) is 0. The Bertz CT molecular complexity index is 705. The summed E-state index contributed by atoms with van der Waals surface area (Å²) in [5, 5.41) is 13.8. The number of thiophene rings is 1. The number of halogens is 1. The molecule has 0 bridgehead atoms. The highest BCUT2D eigenvalue weighted by molar-refractivity contribution is 14.1. The molecule has 1 nitrogen and oxygen atoms in total. The molecular weight excluding hydrogens is 367 g/mol. The van der Waals surface area contributed by atoms with Gasteiger partial charge in [-0.1, -0.05) is 30.3 Å². The molecule has 1 aromatic heterocycles. The number of aliphatic hydroxyl groups excluding tert-OH is 1. The lowest BCUT2D eigenvalue weighted by molar-refractivity contribution is 0.179. The Morgan fingerprint density at radius 3 is 2.79 bits per heavy atom. The van der Waals surface area contributed by atoms with Crippen molar-refractivity contribution in [1.29, 1.82) is 0 Å². The lowest BCUT2D eigenvalue weighted by atomic mass is 10.0. The van der Waals surface area contributed by atoms with Crippen LogP contribution in [0.3, 0.4) is 0 Å². The van der Waals surface area contributed by atoms with E-state index in [1.807, 2.05) is 24.3 Å². The van der Waals surface area contributed by atoms with Crippen molar-refractivity contribution in [3.8, 4) is 0 Å². The molecule has 0 amide bonds. The van der Waals surface area contributed by atoms with Crippen LogP contribution in [0.5, 0.6) is 0 Å². The van der Waals surface area contributed by atoms with Gasteiger partial charge in [-0.25, -0.2) is 0 Å². The Kier molecular flexibility index (Phi) is 3.86. The monoisotopic (exact) mass is 380 g/mol. The summed E-state index contributed by atoms with van der Waals surface area (Å²) in [4.78, 5) is 0. The maximum Gasteiger partial charge on any atom is 0.0831 e. The molecule has 19 heavy (non-hydrogen) atoms. The van der Waals surface area contributed by atoms with Crippen LogP contribution in [0.4, 0.5) is 0 Å². The van der Waals surface area contributed by atoms with Crippen molar-refractivity contribution < 1.29 is 5.11 Å². The molecule has 96 valence electrons. The van der Waals surface area contributed by atoms with Gasteiger partial charge in [0.25, 0.3) is 0 Å². The van der Waals surface area contributed by atoms with Gasteiger partial charge in [-0.05, 0) is 62.7 Å². The van der Waals surface area contributed by atoms with E-state index < -0.39 is 6.10 Å². The van der Waals surface area contributed by atoms with Crippen LogP contribution in [0.15, 0.2) is 53.9 Å². The van der Waals surface area contributed by atoms with Gasteiger partial charge < -0.3 is 5.11 Å². The fraction of sp³-hybridized carbons (Fsp3) is 0.125. The molecule has 0 aliphatic rings. The van der Waals surface area contributed by atoms with E-state index in [1.165, 1.54) is 15.6 Å². The second-order valence-electron chi connectivity index (χ2n) is 4.53. The largest absolute Gasteiger partial charge is 0.388 e. The molecule has 0 fully saturated rings. The number of hydrogen-bond acceptors (Lipinski definition) is 2. The van der Waals surface area contributed by atoms with E-state index in [4.69, 9.17) is 0 Å². The number of rotatable bonds is 3. The van der Waals surface area contributed by atoms with E-state index in [1.54, 1.807) is 11.3 Å². The molecule has 2 aromatic carbocycles. The summed E-state index contributed by atoms with van der Waals surface area (Å²) in [6, 6.07) is 16.4. The summed E-state index contributed by atoms with van der Waals surface area (Å²) in [5.41, 5.74) is 2.22. The molecule has 0 aliphatic carbocycles. The molecule has 0 aliphatic heterocycles. The quantitative estimate of drug-likeness (QED) is 0.649. The fourth-order valence-electron chi connectivity index (χ4n) is 2.23. The molecule has 0 saturated heterocycles. The van der Waals surface area contributed by atoms with Gasteiger partial charge in [0.15, 0.2) is 0 Å². The van der Waals surface area contributed by atoms with Crippen molar-refractivity contribution in [3.63, 3.8) is 0 Å². The van der Waals surface area contributed by atoms with Crippen molar-refractivity contribution >= 4 is 44.0 Å². The zero-order chi connectivity index (χ0) is 13.2. The summed E-state index contributed by atoms with van der Waals surface area (Å²) < 4.78 is 2.44. The predicted octanol–water partition coefficient (Wildman–Crippen LogP) is 4.78. The van der Waals surface area contributed by atoms with E-state index >= 15 is 0 Å². The lowest BCUT2D eigenvalue weighted by Crippen LogP contribution is -2.01.